The topological polar surface area (TPSA) is 160 Å². The molecule has 13 nitrogen and oxygen atoms in total. The molecule has 135 heavy (non-hydrogen) atoms. The van der Waals surface area contributed by atoms with Gasteiger partial charge in [0.05, 0.1) is 22.4 Å². The van der Waals surface area contributed by atoms with Crippen molar-refractivity contribution in [1.82, 2.24) is 19.9 Å². The Morgan fingerprint density at radius 3 is 0.726 bits per heavy atom. The van der Waals surface area contributed by atoms with Crippen molar-refractivity contribution >= 4 is 118 Å². The second kappa shape index (κ2) is 42.4. The Bertz CT molecular complexity index is 6510. The van der Waals surface area contributed by atoms with Crippen LogP contribution in [0.15, 0.2) is 286 Å². The zero-order valence-corrected chi connectivity index (χ0v) is 84.0. The van der Waals surface area contributed by atoms with Crippen LogP contribution in [0.4, 0.5) is 5.82 Å². The molecule has 0 fully saturated rings. The van der Waals surface area contributed by atoms with Crippen molar-refractivity contribution in [3.05, 3.63) is 351 Å². The van der Waals surface area contributed by atoms with Gasteiger partial charge in [0.25, 0.3) is 0 Å². The Morgan fingerprint density at radius 1 is 0.267 bits per heavy atom. The molecule has 0 aliphatic heterocycles. The van der Waals surface area contributed by atoms with Gasteiger partial charge in [-0.1, -0.05) is 228 Å². The Balaban J connectivity index is 0.000000153. The standard InChI is InChI=1S/C31H33ClN2O2.C30H29ClO2.C29H28ClNO2.C28H27ClN2O2/c1-19-27(22-14-17-26(33-18-22)34(6)7)24-10-8-9-11-25(24)29(21-12-15-23(32)16-13-21)28(19)30(20(2)35)36-31(3,4)5;1-19-26(21-11-7-6-8-12-21)24-13-9-10-14-25(24)28(22-15-17-23(31)18-16-22)27(19)29(20(2)32)33-30(3,4)5;1-18-25(21-9-8-16-31-17-21)23-10-6-7-11-24(23)27(20-12-14-22(30)15-13-20)26(18)28(19(2)32)33-29(3,4)5;1-17-24(20-14-30-16-31-15-20)22-8-6-7-9-23(22)26(19-10-12-21(29)13-11-19)25(17)27(18(2)32)33-28(3,4)5/h8-18,30H,1-7H3;6-18,29H,1-5H3;6-17,28H,1-5H3;6-16,27H,1-5H3. The lowest BCUT2D eigenvalue weighted by Gasteiger charge is -2.31. The van der Waals surface area contributed by atoms with E-state index in [9.17, 15) is 19.2 Å². The Hall–Kier alpha value is -12.2. The van der Waals surface area contributed by atoms with Crippen LogP contribution >= 0.6 is 46.4 Å². The van der Waals surface area contributed by atoms with E-state index in [0.717, 1.165) is 182 Å². The first-order valence-electron chi connectivity index (χ1n) is 45.3. The SMILES string of the molecule is CC(=O)C(OC(C)(C)C)c1c(C)c(-c2ccc(N(C)C)nc2)c2ccccc2c1-c1ccc(Cl)cc1.CC(=O)C(OC(C)(C)C)c1c(C)c(-c2ccccc2)c2ccccc2c1-c1ccc(Cl)cc1.CC(=O)C(OC(C)(C)C)c1c(C)c(-c2cccnc2)c2ccccc2c1-c1ccc(Cl)cc1.CC(=O)C(OC(C)(C)C)c1c(C)c(-c2cncnc2)c2ccccc2c1-c1ccc(Cl)cc1. The van der Waals surface area contributed by atoms with Gasteiger partial charge in [0.15, 0.2) is 23.1 Å². The van der Waals surface area contributed by atoms with E-state index in [2.05, 4.69) is 120 Å². The van der Waals surface area contributed by atoms with Crippen molar-refractivity contribution < 1.29 is 38.1 Å². The first-order chi connectivity index (χ1) is 64.0. The second-order valence-corrected chi connectivity index (χ2v) is 40.0. The highest BCUT2D eigenvalue weighted by molar-refractivity contribution is 6.32. The zero-order chi connectivity index (χ0) is 97.4. The van der Waals surface area contributed by atoms with E-state index in [1.807, 2.05) is 291 Å². The van der Waals surface area contributed by atoms with Crippen LogP contribution in [0.2, 0.25) is 20.1 Å². The average molecular weight is 1880 g/mol. The number of benzene rings is 13. The maximum Gasteiger partial charge on any atom is 0.163 e. The van der Waals surface area contributed by atoms with Gasteiger partial charge in [0, 0.05) is 104 Å². The van der Waals surface area contributed by atoms with E-state index < -0.39 is 46.8 Å². The molecular weight excluding hydrogens is 1760 g/mol. The summed E-state index contributed by atoms with van der Waals surface area (Å²) in [5.74, 6) is 0.754. The monoisotopic (exact) mass is 1870 g/mol. The molecule has 0 aliphatic rings. The van der Waals surface area contributed by atoms with E-state index in [0.29, 0.717) is 20.1 Å². The van der Waals surface area contributed by atoms with Gasteiger partial charge < -0.3 is 23.8 Å². The molecule has 16 aromatic rings. The minimum absolute atomic E-state index is 0.0162. The van der Waals surface area contributed by atoms with Crippen LogP contribution in [0.25, 0.3) is 132 Å². The smallest absolute Gasteiger partial charge is 0.163 e. The molecule has 0 saturated carbocycles. The molecule has 0 amide bonds. The first kappa shape index (κ1) is 100. The van der Waals surface area contributed by atoms with Gasteiger partial charge in [0.2, 0.25) is 0 Å². The van der Waals surface area contributed by atoms with Gasteiger partial charge in [-0.15, -0.1) is 0 Å². The zero-order valence-electron chi connectivity index (χ0n) is 81.0. The highest BCUT2D eigenvalue weighted by Gasteiger charge is 2.37. The minimum atomic E-state index is -0.733. The lowest BCUT2D eigenvalue weighted by Crippen LogP contribution is -2.27. The molecule has 0 N–H and O–H groups in total. The quantitative estimate of drug-likeness (QED) is 0.0669. The van der Waals surface area contributed by atoms with Crippen LogP contribution in [-0.4, -0.2) is 79.6 Å². The number of halogens is 4. The molecular formula is C118H117Cl4N5O8. The lowest BCUT2D eigenvalue weighted by molar-refractivity contribution is -0.139. The van der Waals surface area contributed by atoms with Gasteiger partial charge in [-0.25, -0.2) is 15.0 Å². The molecule has 0 radical (unpaired) electrons. The Labute approximate surface area is 814 Å². The third kappa shape index (κ3) is 23.3. The van der Waals surface area contributed by atoms with Gasteiger partial charge >= 0.3 is 0 Å². The van der Waals surface area contributed by atoms with Gasteiger partial charge in [-0.3, -0.25) is 24.2 Å². The number of anilines is 1. The second-order valence-electron chi connectivity index (χ2n) is 38.3. The Kier molecular flexibility index (Phi) is 31.4. The van der Waals surface area contributed by atoms with Gasteiger partial charge in [-0.05, 0) is 343 Å². The molecule has 3 heterocycles. The van der Waals surface area contributed by atoms with E-state index in [4.69, 9.17) is 65.4 Å². The number of carbonyl (C=O) groups excluding carboxylic acids is 4. The van der Waals surface area contributed by atoms with Crippen LogP contribution < -0.4 is 4.90 Å². The van der Waals surface area contributed by atoms with Crippen molar-refractivity contribution in [3.63, 3.8) is 0 Å². The molecule has 0 saturated heterocycles. The van der Waals surface area contributed by atoms with E-state index in [1.165, 1.54) is 6.33 Å². The van der Waals surface area contributed by atoms with E-state index in [-0.39, 0.29) is 23.1 Å². The molecule has 13 aromatic carbocycles. The average Bonchev–Trinajstić information content (AvgIpc) is 0.747. The molecule has 17 heteroatoms. The van der Waals surface area contributed by atoms with Gasteiger partial charge in [-0.2, -0.15) is 0 Å². The number of ether oxygens (including phenoxy) is 4. The molecule has 3 aromatic heterocycles. The predicted molar refractivity (Wildman–Crippen MR) is 561 cm³/mol. The highest BCUT2D eigenvalue weighted by atomic mass is 35.5. The summed E-state index contributed by atoms with van der Waals surface area (Å²) >= 11 is 24.9. The number of aromatic nitrogens is 4. The fraction of sp³-hybridized carbons (Fsp3) is 0.254. The number of pyridine rings is 2. The fourth-order valence-corrected chi connectivity index (χ4v) is 18.5. The number of ketones is 4. The maximum atomic E-state index is 13.2. The van der Waals surface area contributed by atoms with Crippen LogP contribution in [0.5, 0.6) is 0 Å². The molecule has 0 aliphatic carbocycles. The molecule has 16 rings (SSSR count). The Morgan fingerprint density at radius 2 is 0.489 bits per heavy atom. The first-order valence-corrected chi connectivity index (χ1v) is 46.8. The molecule has 0 spiro atoms. The van der Waals surface area contributed by atoms with Gasteiger partial charge in [0.1, 0.15) is 36.6 Å². The molecule has 0 bridgehead atoms. The van der Waals surface area contributed by atoms with Crippen LogP contribution in [-0.2, 0) is 38.1 Å². The molecule has 4 atom stereocenters. The van der Waals surface area contributed by atoms with Crippen molar-refractivity contribution in [2.24, 2.45) is 0 Å². The number of carbonyl (C=O) groups is 4. The maximum absolute atomic E-state index is 13.2. The van der Waals surface area contributed by atoms with Crippen LogP contribution in [0.1, 0.15) is 180 Å². The lowest BCUT2D eigenvalue weighted by atomic mass is 9.81. The van der Waals surface area contributed by atoms with Crippen LogP contribution in [0.3, 0.4) is 0 Å². The molecule has 4 unspecified atom stereocenters. The van der Waals surface area contributed by atoms with E-state index >= 15 is 0 Å². The number of nitrogens with zero attached hydrogens (tertiary/aromatic N) is 5. The number of hydrogen-bond donors (Lipinski definition) is 0. The third-order valence-electron chi connectivity index (χ3n) is 23.4. The highest BCUT2D eigenvalue weighted by Crippen LogP contribution is 2.52. The van der Waals surface area contributed by atoms with Crippen molar-refractivity contribution in [2.45, 2.75) is 185 Å². The number of rotatable bonds is 21. The normalized spacial score (nSPS) is 12.6. The predicted octanol–water partition coefficient (Wildman–Crippen LogP) is 32.0. The summed E-state index contributed by atoms with van der Waals surface area (Å²) in [4.78, 5) is 71.8. The summed E-state index contributed by atoms with van der Waals surface area (Å²) in [7, 11) is 3.95. The van der Waals surface area contributed by atoms with E-state index in [1.54, 1.807) is 46.3 Å². The summed E-state index contributed by atoms with van der Waals surface area (Å²) in [6.45, 7) is 38.4. The number of fused-ring (bicyclic) bond motifs is 4. The third-order valence-corrected chi connectivity index (χ3v) is 24.4. The van der Waals surface area contributed by atoms with Crippen molar-refractivity contribution in [1.29, 1.82) is 0 Å². The van der Waals surface area contributed by atoms with Crippen molar-refractivity contribution in [2.75, 3.05) is 19.0 Å². The summed E-state index contributed by atoms with van der Waals surface area (Å²) in [5.41, 5.74) is 21.8. The summed E-state index contributed by atoms with van der Waals surface area (Å²) in [5, 5.41) is 11.3. The summed E-state index contributed by atoms with van der Waals surface area (Å²) in [6.07, 6.45) is 7.81. The fourth-order valence-electron chi connectivity index (χ4n) is 18.0. The molecule has 690 valence electrons. The summed E-state index contributed by atoms with van der Waals surface area (Å²) in [6, 6.07) is 82.8. The minimum Gasteiger partial charge on any atom is -0.363 e. The summed E-state index contributed by atoms with van der Waals surface area (Å²) < 4.78 is 25.6. The largest absolute Gasteiger partial charge is 0.363 e. The van der Waals surface area contributed by atoms with Crippen molar-refractivity contribution in [3.8, 4) is 89.0 Å². The number of hydrogen-bond acceptors (Lipinski definition) is 13. The van der Waals surface area contributed by atoms with Crippen LogP contribution in [0, 0.1) is 27.7 Å². The number of Topliss-reactive ketones (excluding diaryl/α,β-unsaturated/α-hetero) is 4.